The second kappa shape index (κ2) is 3.34. The molecule has 1 aromatic heterocycles. The molecular weight excluding hydrogens is 194 g/mol. The van der Waals surface area contributed by atoms with E-state index in [9.17, 15) is 4.79 Å². The molecule has 0 bridgehead atoms. The number of H-pyrrole nitrogens is 1. The van der Waals surface area contributed by atoms with E-state index in [1.54, 1.807) is 0 Å². The highest BCUT2D eigenvalue weighted by Gasteiger charge is 2.28. The fraction of sp³-hybridized carbons (Fsp3) is 0.600. The number of aromatic amines is 1. The quantitative estimate of drug-likeness (QED) is 0.702. The van der Waals surface area contributed by atoms with Gasteiger partial charge >= 0.3 is 0 Å². The average molecular weight is 209 g/mol. The number of carbonyl (C=O) groups is 1. The Labute approximate surface area is 88.0 Å². The van der Waals surface area contributed by atoms with Crippen LogP contribution in [-0.4, -0.2) is 28.3 Å². The van der Waals surface area contributed by atoms with Crippen LogP contribution in [-0.2, 0) is 17.6 Å². The third kappa shape index (κ3) is 1.87. The molecule has 82 valence electrons. The van der Waals surface area contributed by atoms with Crippen LogP contribution in [0.3, 0.4) is 0 Å². The molecule has 1 aliphatic heterocycles. The van der Waals surface area contributed by atoms with Gasteiger partial charge in [0.1, 0.15) is 0 Å². The Bertz CT molecular complexity index is 395. The summed E-state index contributed by atoms with van der Waals surface area (Å²) in [4.78, 5) is 11.2. The van der Waals surface area contributed by atoms with Crippen LogP contribution >= 0.6 is 0 Å². The molecule has 0 saturated carbocycles. The van der Waals surface area contributed by atoms with Gasteiger partial charge in [-0.05, 0) is 13.8 Å². The van der Waals surface area contributed by atoms with Crippen LogP contribution in [0.1, 0.15) is 35.6 Å². The fourth-order valence-corrected chi connectivity index (χ4v) is 1.91. The van der Waals surface area contributed by atoms with Crippen LogP contribution in [0.4, 0.5) is 0 Å². The number of aromatic nitrogens is 2. The topological polar surface area (TPSA) is 81.0 Å². The minimum atomic E-state index is -0.481. The van der Waals surface area contributed by atoms with Crippen molar-refractivity contribution in [2.75, 3.05) is 6.61 Å². The zero-order chi connectivity index (χ0) is 11.1. The van der Waals surface area contributed by atoms with Gasteiger partial charge in [-0.1, -0.05) is 0 Å². The van der Waals surface area contributed by atoms with Gasteiger partial charge in [0.05, 0.1) is 12.2 Å². The molecule has 0 radical (unpaired) electrons. The summed E-state index contributed by atoms with van der Waals surface area (Å²) in [6, 6.07) is 0. The molecule has 2 rings (SSSR count). The van der Waals surface area contributed by atoms with Crippen molar-refractivity contribution in [2.24, 2.45) is 5.73 Å². The molecule has 1 amide bonds. The lowest BCUT2D eigenvalue weighted by Crippen LogP contribution is -2.27. The number of ether oxygens (including phenoxy) is 1. The third-order valence-corrected chi connectivity index (χ3v) is 2.63. The normalized spacial score (nSPS) is 19.3. The second-order valence-electron chi connectivity index (χ2n) is 4.43. The van der Waals surface area contributed by atoms with E-state index in [4.69, 9.17) is 10.5 Å². The minimum Gasteiger partial charge on any atom is -0.375 e. The Hall–Kier alpha value is -1.36. The number of nitrogens with two attached hydrogens (primary N) is 1. The van der Waals surface area contributed by atoms with Crippen LogP contribution in [0.15, 0.2) is 0 Å². The third-order valence-electron chi connectivity index (χ3n) is 2.63. The van der Waals surface area contributed by atoms with E-state index in [-0.39, 0.29) is 5.60 Å². The lowest BCUT2D eigenvalue weighted by atomic mass is 9.97. The molecule has 15 heavy (non-hydrogen) atoms. The number of rotatable bonds is 1. The smallest absolute Gasteiger partial charge is 0.269 e. The van der Waals surface area contributed by atoms with Gasteiger partial charge in [-0.25, -0.2) is 0 Å². The molecular formula is C10H15N3O2. The maximum atomic E-state index is 11.2. The van der Waals surface area contributed by atoms with E-state index in [2.05, 4.69) is 10.2 Å². The van der Waals surface area contributed by atoms with Gasteiger partial charge in [0.25, 0.3) is 5.91 Å². The number of carbonyl (C=O) groups excluding carboxylic acids is 1. The first-order valence-corrected chi connectivity index (χ1v) is 4.99. The highest BCUT2D eigenvalue weighted by molar-refractivity contribution is 5.92. The van der Waals surface area contributed by atoms with Crippen molar-refractivity contribution < 1.29 is 9.53 Å². The number of amides is 1. The number of primary amides is 1. The summed E-state index contributed by atoms with van der Waals surface area (Å²) in [5.74, 6) is -0.481. The molecule has 0 saturated heterocycles. The molecule has 0 atom stereocenters. The van der Waals surface area contributed by atoms with E-state index in [0.717, 1.165) is 17.7 Å². The van der Waals surface area contributed by atoms with Gasteiger partial charge in [-0.2, -0.15) is 5.10 Å². The van der Waals surface area contributed by atoms with Crippen LogP contribution in [0.25, 0.3) is 0 Å². The van der Waals surface area contributed by atoms with Gasteiger partial charge in [-0.3, -0.25) is 9.89 Å². The van der Waals surface area contributed by atoms with Crippen molar-refractivity contribution in [3.05, 3.63) is 17.0 Å². The molecule has 0 aliphatic carbocycles. The van der Waals surface area contributed by atoms with Gasteiger partial charge in [-0.15, -0.1) is 0 Å². The summed E-state index contributed by atoms with van der Waals surface area (Å²) >= 11 is 0. The van der Waals surface area contributed by atoms with Crippen LogP contribution in [0, 0.1) is 0 Å². The Morgan fingerprint density at radius 3 is 3.00 bits per heavy atom. The molecule has 1 aliphatic rings. The minimum absolute atomic E-state index is 0.265. The number of hydrogen-bond acceptors (Lipinski definition) is 3. The summed E-state index contributed by atoms with van der Waals surface area (Å²) in [7, 11) is 0. The first-order chi connectivity index (χ1) is 6.99. The summed E-state index contributed by atoms with van der Waals surface area (Å²) in [6.07, 6.45) is 1.41. The van der Waals surface area contributed by atoms with Crippen molar-refractivity contribution in [3.8, 4) is 0 Å². The van der Waals surface area contributed by atoms with Crippen molar-refractivity contribution in [1.29, 1.82) is 0 Å². The number of nitrogens with one attached hydrogen (secondary N) is 1. The van der Waals surface area contributed by atoms with E-state index >= 15 is 0 Å². The van der Waals surface area contributed by atoms with Crippen molar-refractivity contribution in [3.63, 3.8) is 0 Å². The van der Waals surface area contributed by atoms with Crippen LogP contribution in [0.5, 0.6) is 0 Å². The first-order valence-electron chi connectivity index (χ1n) is 4.99. The lowest BCUT2D eigenvalue weighted by molar-refractivity contribution is -0.0106. The Kier molecular flexibility index (Phi) is 2.26. The molecule has 2 heterocycles. The van der Waals surface area contributed by atoms with Crippen LogP contribution < -0.4 is 5.73 Å². The standard InChI is InChI=1S/C10H15N3O2/c1-10(2)5-6-7(3-4-15-10)12-13-8(6)9(11)14/h3-5H2,1-2H3,(H2,11,14)(H,12,13). The monoisotopic (exact) mass is 209 g/mol. The zero-order valence-corrected chi connectivity index (χ0v) is 8.96. The molecule has 0 fully saturated rings. The summed E-state index contributed by atoms with van der Waals surface area (Å²) in [5.41, 5.74) is 7.22. The molecule has 0 spiro atoms. The van der Waals surface area contributed by atoms with Gasteiger partial charge in [0.15, 0.2) is 5.69 Å². The van der Waals surface area contributed by atoms with E-state index in [0.29, 0.717) is 18.7 Å². The maximum Gasteiger partial charge on any atom is 0.269 e. The first kappa shape index (κ1) is 10.2. The highest BCUT2D eigenvalue weighted by atomic mass is 16.5. The molecule has 5 heteroatoms. The maximum absolute atomic E-state index is 11.2. The number of fused-ring (bicyclic) bond motifs is 1. The van der Waals surface area contributed by atoms with E-state index in [1.807, 2.05) is 13.8 Å². The Morgan fingerprint density at radius 1 is 1.60 bits per heavy atom. The SMILES string of the molecule is CC1(C)Cc2c(C(N)=O)n[nH]c2CCO1. The summed E-state index contributed by atoms with van der Waals surface area (Å²) < 4.78 is 5.67. The van der Waals surface area contributed by atoms with Crippen molar-refractivity contribution >= 4 is 5.91 Å². The largest absolute Gasteiger partial charge is 0.375 e. The number of nitrogens with zero attached hydrogens (tertiary/aromatic N) is 1. The lowest BCUT2D eigenvalue weighted by Gasteiger charge is -2.22. The van der Waals surface area contributed by atoms with Gasteiger partial charge in [0, 0.05) is 24.1 Å². The fourth-order valence-electron chi connectivity index (χ4n) is 1.91. The van der Waals surface area contributed by atoms with Gasteiger partial charge < -0.3 is 10.5 Å². The second-order valence-corrected chi connectivity index (χ2v) is 4.43. The summed E-state index contributed by atoms with van der Waals surface area (Å²) in [6.45, 7) is 4.64. The van der Waals surface area contributed by atoms with Crippen LogP contribution in [0.2, 0.25) is 0 Å². The molecule has 0 unspecified atom stereocenters. The average Bonchev–Trinajstić information content (AvgIpc) is 2.41. The predicted molar refractivity (Wildman–Crippen MR) is 54.5 cm³/mol. The molecule has 1 aromatic rings. The Balaban J connectivity index is 2.43. The van der Waals surface area contributed by atoms with E-state index in [1.165, 1.54) is 0 Å². The molecule has 5 nitrogen and oxygen atoms in total. The highest BCUT2D eigenvalue weighted by Crippen LogP contribution is 2.25. The molecule has 3 N–H and O–H groups in total. The number of hydrogen-bond donors (Lipinski definition) is 2. The summed E-state index contributed by atoms with van der Waals surface area (Å²) in [5, 5.41) is 6.80. The van der Waals surface area contributed by atoms with Crippen molar-refractivity contribution in [1.82, 2.24) is 10.2 Å². The molecule has 0 aromatic carbocycles. The Morgan fingerprint density at radius 2 is 2.33 bits per heavy atom. The zero-order valence-electron chi connectivity index (χ0n) is 8.96. The predicted octanol–water partition coefficient (Wildman–Crippen LogP) is 0.402. The van der Waals surface area contributed by atoms with Crippen molar-refractivity contribution in [2.45, 2.75) is 32.3 Å². The van der Waals surface area contributed by atoms with Gasteiger partial charge in [0.2, 0.25) is 0 Å². The van der Waals surface area contributed by atoms with E-state index < -0.39 is 5.91 Å².